The van der Waals surface area contributed by atoms with Crippen LogP contribution >= 0.6 is 11.6 Å². The van der Waals surface area contributed by atoms with Gasteiger partial charge in [-0.2, -0.15) is 0 Å². The number of allylic oxidation sites excluding steroid dienone is 5. The quantitative estimate of drug-likeness (QED) is 0.694. The van der Waals surface area contributed by atoms with E-state index in [0.717, 1.165) is 18.4 Å². The van der Waals surface area contributed by atoms with Crippen LogP contribution < -0.4 is 0 Å². The lowest BCUT2D eigenvalue weighted by molar-refractivity contribution is -0.111. The third-order valence-corrected chi connectivity index (χ3v) is 2.55. The van der Waals surface area contributed by atoms with Crippen molar-refractivity contribution in [1.29, 1.82) is 0 Å². The van der Waals surface area contributed by atoms with Crippen LogP contribution in [0.2, 0.25) is 0 Å². The first-order valence-corrected chi connectivity index (χ1v) is 5.36. The summed E-state index contributed by atoms with van der Waals surface area (Å²) in [6.45, 7) is 2.02. The van der Waals surface area contributed by atoms with E-state index in [9.17, 15) is 4.79 Å². The van der Waals surface area contributed by atoms with Gasteiger partial charge in [-0.15, -0.1) is 0 Å². The van der Waals surface area contributed by atoms with E-state index in [-0.39, 0.29) is 5.76 Å². The smallest absolute Gasteiger partial charge is 0.291 e. The standard InChI is InChI=1S/C12H11ClO3/c1-8-3-2-4-9(5-8)10-6-15-7-11(16-10)12(13)14/h3,5-7H,2,4H2,1H3. The Labute approximate surface area is 98.7 Å². The molecule has 0 aromatic heterocycles. The Bertz CT molecular complexity index is 441. The average molecular weight is 239 g/mol. The number of ether oxygens (including phenoxy) is 2. The lowest BCUT2D eigenvalue weighted by atomic mass is 9.99. The van der Waals surface area contributed by atoms with Crippen molar-refractivity contribution in [1.82, 2.24) is 0 Å². The van der Waals surface area contributed by atoms with E-state index in [4.69, 9.17) is 21.1 Å². The highest BCUT2D eigenvalue weighted by Crippen LogP contribution is 2.28. The van der Waals surface area contributed by atoms with Crippen molar-refractivity contribution in [3.05, 3.63) is 47.3 Å². The van der Waals surface area contributed by atoms with Crippen molar-refractivity contribution >= 4 is 16.8 Å². The van der Waals surface area contributed by atoms with Gasteiger partial charge in [0.15, 0.2) is 5.76 Å². The van der Waals surface area contributed by atoms with Crippen LogP contribution in [0.1, 0.15) is 19.8 Å². The molecule has 0 amide bonds. The molecular formula is C12H11ClO3. The molecule has 0 radical (unpaired) electrons. The minimum Gasteiger partial charge on any atom is -0.465 e. The molecule has 0 aromatic rings. The SMILES string of the molecule is CC1=CCCC(C2=COC=C(C(=O)Cl)O2)=C1. The second kappa shape index (κ2) is 4.58. The van der Waals surface area contributed by atoms with E-state index in [2.05, 4.69) is 6.08 Å². The maximum Gasteiger partial charge on any atom is 0.291 e. The van der Waals surface area contributed by atoms with Gasteiger partial charge >= 0.3 is 0 Å². The van der Waals surface area contributed by atoms with Crippen LogP contribution in [-0.4, -0.2) is 5.24 Å². The average Bonchev–Trinajstić information content (AvgIpc) is 2.29. The zero-order chi connectivity index (χ0) is 11.5. The summed E-state index contributed by atoms with van der Waals surface area (Å²) in [7, 11) is 0. The summed E-state index contributed by atoms with van der Waals surface area (Å²) >= 11 is 5.32. The summed E-state index contributed by atoms with van der Waals surface area (Å²) < 4.78 is 10.4. The molecule has 0 spiro atoms. The van der Waals surface area contributed by atoms with Crippen molar-refractivity contribution in [3.8, 4) is 0 Å². The lowest BCUT2D eigenvalue weighted by Gasteiger charge is -2.18. The molecule has 3 nitrogen and oxygen atoms in total. The molecule has 2 aliphatic rings. The van der Waals surface area contributed by atoms with Crippen LogP contribution in [0, 0.1) is 0 Å². The molecule has 1 aliphatic carbocycles. The van der Waals surface area contributed by atoms with Crippen LogP contribution in [0.5, 0.6) is 0 Å². The molecule has 1 aliphatic heterocycles. The van der Waals surface area contributed by atoms with E-state index >= 15 is 0 Å². The Morgan fingerprint density at radius 1 is 1.44 bits per heavy atom. The predicted molar refractivity (Wildman–Crippen MR) is 60.3 cm³/mol. The first kappa shape index (κ1) is 11.0. The molecule has 1 heterocycles. The summed E-state index contributed by atoms with van der Waals surface area (Å²) in [5.74, 6) is 0.575. The molecule has 0 fully saturated rings. The molecule has 0 atom stereocenters. The Balaban J connectivity index is 2.15. The highest BCUT2D eigenvalue weighted by atomic mass is 35.5. The largest absolute Gasteiger partial charge is 0.465 e. The number of carbonyl (C=O) groups is 1. The predicted octanol–water partition coefficient (Wildman–Crippen LogP) is 3.15. The van der Waals surface area contributed by atoms with Crippen molar-refractivity contribution in [3.63, 3.8) is 0 Å². The highest BCUT2D eigenvalue weighted by Gasteiger charge is 2.19. The van der Waals surface area contributed by atoms with Gasteiger partial charge in [0.1, 0.15) is 12.5 Å². The van der Waals surface area contributed by atoms with Gasteiger partial charge in [-0.25, -0.2) is 0 Å². The van der Waals surface area contributed by atoms with Crippen molar-refractivity contribution in [2.75, 3.05) is 0 Å². The molecule has 0 bridgehead atoms. The van der Waals surface area contributed by atoms with Crippen molar-refractivity contribution in [2.45, 2.75) is 19.8 Å². The van der Waals surface area contributed by atoms with E-state index in [0.29, 0.717) is 5.76 Å². The van der Waals surface area contributed by atoms with Crippen LogP contribution in [0.25, 0.3) is 0 Å². The molecule has 4 heteroatoms. The third-order valence-electron chi connectivity index (χ3n) is 2.36. The van der Waals surface area contributed by atoms with Crippen LogP contribution in [0.15, 0.2) is 47.3 Å². The Morgan fingerprint density at radius 2 is 2.25 bits per heavy atom. The molecule has 0 aromatic carbocycles. The van der Waals surface area contributed by atoms with E-state index in [1.807, 2.05) is 13.0 Å². The zero-order valence-electron chi connectivity index (χ0n) is 8.83. The van der Waals surface area contributed by atoms with Crippen LogP contribution in [0.4, 0.5) is 0 Å². The van der Waals surface area contributed by atoms with Gasteiger partial charge in [-0.1, -0.05) is 17.7 Å². The van der Waals surface area contributed by atoms with Crippen molar-refractivity contribution < 1.29 is 14.3 Å². The summed E-state index contributed by atoms with van der Waals surface area (Å²) in [5, 5.41) is -0.658. The molecule has 16 heavy (non-hydrogen) atoms. The maximum absolute atomic E-state index is 10.9. The molecule has 84 valence electrons. The fourth-order valence-electron chi connectivity index (χ4n) is 1.61. The summed E-state index contributed by atoms with van der Waals surface area (Å²) in [4.78, 5) is 10.9. The number of hydrogen-bond donors (Lipinski definition) is 0. The van der Waals surface area contributed by atoms with Gasteiger partial charge in [0, 0.05) is 0 Å². The van der Waals surface area contributed by atoms with Gasteiger partial charge in [0.05, 0.1) is 0 Å². The van der Waals surface area contributed by atoms with Gasteiger partial charge < -0.3 is 9.47 Å². The van der Waals surface area contributed by atoms with Crippen LogP contribution in [-0.2, 0) is 14.3 Å². The lowest BCUT2D eigenvalue weighted by Crippen LogP contribution is -2.08. The van der Waals surface area contributed by atoms with Gasteiger partial charge in [0.25, 0.3) is 5.24 Å². The molecular weight excluding hydrogens is 228 g/mol. The van der Waals surface area contributed by atoms with E-state index < -0.39 is 5.24 Å². The Morgan fingerprint density at radius 3 is 2.94 bits per heavy atom. The van der Waals surface area contributed by atoms with Crippen molar-refractivity contribution in [2.24, 2.45) is 0 Å². The minimum atomic E-state index is -0.658. The topological polar surface area (TPSA) is 35.5 Å². The van der Waals surface area contributed by atoms with E-state index in [1.54, 1.807) is 0 Å². The monoisotopic (exact) mass is 238 g/mol. The number of carbonyl (C=O) groups excluding carboxylic acids is 1. The second-order valence-electron chi connectivity index (χ2n) is 3.63. The third kappa shape index (κ3) is 2.36. The Kier molecular flexibility index (Phi) is 3.15. The maximum atomic E-state index is 10.9. The first-order chi connectivity index (χ1) is 7.66. The molecule has 2 rings (SSSR count). The fourth-order valence-corrected chi connectivity index (χ4v) is 1.69. The summed E-state index contributed by atoms with van der Waals surface area (Å²) in [6, 6.07) is 0. The number of hydrogen-bond acceptors (Lipinski definition) is 3. The normalized spacial score (nSPS) is 19.6. The van der Waals surface area contributed by atoms with Gasteiger partial charge in [-0.05, 0) is 36.9 Å². The Hall–Kier alpha value is -1.48. The first-order valence-electron chi connectivity index (χ1n) is 4.98. The number of halogens is 1. The summed E-state index contributed by atoms with van der Waals surface area (Å²) in [6.07, 6.45) is 8.68. The molecule has 0 unspecified atom stereocenters. The minimum absolute atomic E-state index is 0.0206. The van der Waals surface area contributed by atoms with E-state index in [1.165, 1.54) is 18.1 Å². The number of rotatable bonds is 2. The van der Waals surface area contributed by atoms with Gasteiger partial charge in [-0.3, -0.25) is 4.79 Å². The van der Waals surface area contributed by atoms with Gasteiger partial charge in [0.2, 0.25) is 5.76 Å². The highest BCUT2D eigenvalue weighted by molar-refractivity contribution is 6.67. The molecule has 0 saturated carbocycles. The summed E-state index contributed by atoms with van der Waals surface area (Å²) in [5.41, 5.74) is 2.20. The van der Waals surface area contributed by atoms with Crippen LogP contribution in [0.3, 0.4) is 0 Å². The molecule has 0 saturated heterocycles. The fraction of sp³-hybridized carbons (Fsp3) is 0.250. The molecule has 0 N–H and O–H groups in total. The zero-order valence-corrected chi connectivity index (χ0v) is 9.58. The second-order valence-corrected chi connectivity index (χ2v) is 3.98.